The van der Waals surface area contributed by atoms with Crippen LogP contribution in [0.2, 0.25) is 0 Å². The van der Waals surface area contributed by atoms with Crippen molar-refractivity contribution >= 4 is 11.7 Å². The maximum absolute atomic E-state index is 11.9. The van der Waals surface area contributed by atoms with Crippen molar-refractivity contribution in [3.8, 4) is 5.75 Å². The van der Waals surface area contributed by atoms with Gasteiger partial charge in [0.1, 0.15) is 5.75 Å². The number of nitrogens with one attached hydrogen (secondary N) is 1. The number of anilines is 1. The molecular formula is C14H21N3O2. The fourth-order valence-corrected chi connectivity index (χ4v) is 2.22. The minimum Gasteiger partial charge on any atom is -0.506 e. The smallest absolute Gasteiger partial charge is 0.317 e. The van der Waals surface area contributed by atoms with Gasteiger partial charge in [-0.1, -0.05) is 12.1 Å². The Morgan fingerprint density at radius 2 is 1.84 bits per heavy atom. The van der Waals surface area contributed by atoms with Gasteiger partial charge in [-0.25, -0.2) is 4.79 Å². The Morgan fingerprint density at radius 1 is 1.21 bits per heavy atom. The largest absolute Gasteiger partial charge is 0.506 e. The Balaban J connectivity index is 1.93. The molecule has 1 aliphatic rings. The van der Waals surface area contributed by atoms with Gasteiger partial charge < -0.3 is 20.2 Å². The molecule has 1 heterocycles. The molecule has 0 atom stereocenters. The van der Waals surface area contributed by atoms with Gasteiger partial charge in [0.2, 0.25) is 0 Å². The summed E-state index contributed by atoms with van der Waals surface area (Å²) < 4.78 is 0. The number of carbonyl (C=O) groups excluding carboxylic acids is 1. The highest BCUT2D eigenvalue weighted by Crippen LogP contribution is 2.27. The normalized spacial score (nSPS) is 15.7. The molecular weight excluding hydrogens is 242 g/mol. The first-order valence-corrected chi connectivity index (χ1v) is 6.66. The number of carbonyl (C=O) groups is 1. The molecule has 2 rings (SSSR count). The minimum atomic E-state index is -0.00747. The summed E-state index contributed by atoms with van der Waals surface area (Å²) in [7, 11) is 0. The van der Waals surface area contributed by atoms with Crippen LogP contribution >= 0.6 is 0 Å². The van der Waals surface area contributed by atoms with Crippen LogP contribution in [0.1, 0.15) is 13.8 Å². The first kappa shape index (κ1) is 13.5. The van der Waals surface area contributed by atoms with Gasteiger partial charge in [0.15, 0.2) is 0 Å². The van der Waals surface area contributed by atoms with Crippen LogP contribution in [-0.2, 0) is 0 Å². The van der Waals surface area contributed by atoms with Gasteiger partial charge in [0.05, 0.1) is 5.69 Å². The molecule has 0 bridgehead atoms. The Morgan fingerprint density at radius 3 is 2.42 bits per heavy atom. The second-order valence-electron chi connectivity index (χ2n) is 5.07. The summed E-state index contributed by atoms with van der Waals surface area (Å²) in [5.41, 5.74) is 0.839. The molecule has 1 saturated heterocycles. The molecule has 0 radical (unpaired) electrons. The molecule has 0 saturated carbocycles. The summed E-state index contributed by atoms with van der Waals surface area (Å²) in [4.78, 5) is 15.8. The molecule has 1 fully saturated rings. The lowest BCUT2D eigenvalue weighted by Crippen LogP contribution is -2.52. The number of rotatable bonds is 2. The number of hydrogen-bond donors (Lipinski definition) is 2. The fourth-order valence-electron chi connectivity index (χ4n) is 2.22. The first-order chi connectivity index (χ1) is 9.08. The van der Waals surface area contributed by atoms with E-state index in [1.54, 1.807) is 6.07 Å². The highest BCUT2D eigenvalue weighted by Gasteiger charge is 2.22. The molecule has 5 heteroatoms. The van der Waals surface area contributed by atoms with E-state index in [0.29, 0.717) is 18.8 Å². The summed E-state index contributed by atoms with van der Waals surface area (Å²) in [5, 5.41) is 12.7. The van der Waals surface area contributed by atoms with Gasteiger partial charge in [-0.15, -0.1) is 0 Å². The minimum absolute atomic E-state index is 0.00747. The summed E-state index contributed by atoms with van der Waals surface area (Å²) in [6.07, 6.45) is 0. The lowest BCUT2D eigenvalue weighted by Gasteiger charge is -2.36. The van der Waals surface area contributed by atoms with E-state index in [0.717, 1.165) is 18.8 Å². The Hall–Kier alpha value is -1.91. The summed E-state index contributed by atoms with van der Waals surface area (Å²) >= 11 is 0. The third kappa shape index (κ3) is 3.30. The van der Waals surface area contributed by atoms with E-state index in [4.69, 9.17) is 0 Å². The van der Waals surface area contributed by atoms with E-state index in [2.05, 4.69) is 10.2 Å². The fraction of sp³-hybridized carbons (Fsp3) is 0.500. The topological polar surface area (TPSA) is 55.8 Å². The highest BCUT2D eigenvalue weighted by molar-refractivity contribution is 5.75. The Bertz CT molecular complexity index is 440. The van der Waals surface area contributed by atoms with Gasteiger partial charge in [0, 0.05) is 32.2 Å². The average molecular weight is 263 g/mol. The molecule has 0 unspecified atom stereocenters. The van der Waals surface area contributed by atoms with E-state index in [-0.39, 0.29) is 12.1 Å². The van der Waals surface area contributed by atoms with Crippen molar-refractivity contribution in [1.82, 2.24) is 10.2 Å². The lowest BCUT2D eigenvalue weighted by atomic mass is 10.2. The molecule has 1 aliphatic heterocycles. The van der Waals surface area contributed by atoms with Crippen molar-refractivity contribution in [2.45, 2.75) is 19.9 Å². The number of phenols is 1. The van der Waals surface area contributed by atoms with Crippen LogP contribution in [0.15, 0.2) is 24.3 Å². The zero-order valence-electron chi connectivity index (χ0n) is 11.5. The zero-order valence-corrected chi connectivity index (χ0v) is 11.5. The number of aromatic hydroxyl groups is 1. The zero-order chi connectivity index (χ0) is 13.8. The van der Waals surface area contributed by atoms with E-state index < -0.39 is 0 Å². The summed E-state index contributed by atoms with van der Waals surface area (Å²) in [5.74, 6) is 0.294. The highest BCUT2D eigenvalue weighted by atomic mass is 16.3. The molecule has 2 N–H and O–H groups in total. The van der Waals surface area contributed by atoms with Crippen LogP contribution in [0.3, 0.4) is 0 Å². The number of phenolic OH excluding ortho intramolecular Hbond substituents is 1. The average Bonchev–Trinajstić information content (AvgIpc) is 2.39. The number of piperazine rings is 1. The van der Waals surface area contributed by atoms with Crippen LogP contribution < -0.4 is 10.2 Å². The van der Waals surface area contributed by atoms with Crippen molar-refractivity contribution in [2.24, 2.45) is 0 Å². The molecule has 0 aromatic heterocycles. The monoisotopic (exact) mass is 263 g/mol. The van der Waals surface area contributed by atoms with Crippen LogP contribution in [0, 0.1) is 0 Å². The second-order valence-corrected chi connectivity index (χ2v) is 5.07. The van der Waals surface area contributed by atoms with Gasteiger partial charge in [-0.05, 0) is 26.0 Å². The summed E-state index contributed by atoms with van der Waals surface area (Å²) in [6, 6.07) is 7.46. The van der Waals surface area contributed by atoms with Crippen molar-refractivity contribution in [2.75, 3.05) is 31.1 Å². The molecule has 0 aliphatic carbocycles. The molecule has 2 amide bonds. The number of amides is 2. The SMILES string of the molecule is CC(C)NC(=O)N1CCN(c2ccccc2O)CC1. The van der Waals surface area contributed by atoms with Crippen molar-refractivity contribution in [3.05, 3.63) is 24.3 Å². The van der Waals surface area contributed by atoms with Crippen LogP contribution in [-0.4, -0.2) is 48.3 Å². The molecule has 19 heavy (non-hydrogen) atoms. The van der Waals surface area contributed by atoms with Crippen molar-refractivity contribution in [3.63, 3.8) is 0 Å². The van der Waals surface area contributed by atoms with Gasteiger partial charge >= 0.3 is 6.03 Å². The number of hydrogen-bond acceptors (Lipinski definition) is 3. The molecule has 1 aromatic carbocycles. The second kappa shape index (κ2) is 5.82. The third-order valence-electron chi connectivity index (χ3n) is 3.20. The lowest BCUT2D eigenvalue weighted by molar-refractivity contribution is 0.192. The van der Waals surface area contributed by atoms with Crippen molar-refractivity contribution in [1.29, 1.82) is 0 Å². The predicted octanol–water partition coefficient (Wildman–Crippen LogP) is 1.63. The van der Waals surface area contributed by atoms with Crippen LogP contribution in [0.5, 0.6) is 5.75 Å². The van der Waals surface area contributed by atoms with E-state index in [9.17, 15) is 9.90 Å². The Labute approximate surface area is 113 Å². The standard InChI is InChI=1S/C14H21N3O2/c1-11(2)15-14(19)17-9-7-16(8-10-17)12-5-3-4-6-13(12)18/h3-6,11,18H,7-10H2,1-2H3,(H,15,19). The van der Waals surface area contributed by atoms with Gasteiger partial charge in [-0.2, -0.15) is 0 Å². The van der Waals surface area contributed by atoms with Crippen LogP contribution in [0.25, 0.3) is 0 Å². The summed E-state index contributed by atoms with van der Waals surface area (Å²) in [6.45, 7) is 6.73. The van der Waals surface area contributed by atoms with Crippen LogP contribution in [0.4, 0.5) is 10.5 Å². The Kier molecular flexibility index (Phi) is 4.14. The first-order valence-electron chi connectivity index (χ1n) is 6.66. The van der Waals surface area contributed by atoms with E-state index >= 15 is 0 Å². The number of benzene rings is 1. The number of nitrogens with zero attached hydrogens (tertiary/aromatic N) is 2. The van der Waals surface area contributed by atoms with E-state index in [1.165, 1.54) is 0 Å². The molecule has 1 aromatic rings. The number of para-hydroxylation sites is 2. The predicted molar refractivity (Wildman–Crippen MR) is 75.6 cm³/mol. The van der Waals surface area contributed by atoms with E-state index in [1.807, 2.05) is 36.9 Å². The number of urea groups is 1. The molecule has 104 valence electrons. The molecule has 5 nitrogen and oxygen atoms in total. The van der Waals surface area contributed by atoms with Crippen molar-refractivity contribution < 1.29 is 9.90 Å². The van der Waals surface area contributed by atoms with Gasteiger partial charge in [0.25, 0.3) is 0 Å². The third-order valence-corrected chi connectivity index (χ3v) is 3.20. The maximum Gasteiger partial charge on any atom is 0.317 e. The van der Waals surface area contributed by atoms with Gasteiger partial charge in [-0.3, -0.25) is 0 Å². The maximum atomic E-state index is 11.9. The quantitative estimate of drug-likeness (QED) is 0.852. The molecule has 0 spiro atoms.